The predicted molar refractivity (Wildman–Crippen MR) is 266 cm³/mol. The predicted octanol–water partition coefficient (Wildman–Crippen LogP) is 6.75. The standard InChI is InChI=1S/C51H65Cl2N5O11S/c1-32(2)42(31-70(65,66)33(3)4)57-46(34-14-16-36(52)17-15-34)39(35-10-6-11-37(53)28-35)29-51(5,50(57)64)30-44(60)55-21-9-23-68-25-27-69-26-24-67-22-8-20-54-40-13-7-12-38-45(40)49(63)58(48(38)62)41-18-19-43(59)56-47(41)61/h6-7,10-17,28,32-33,39,41-42,46,54H,8-9,18-27,29-31H2,1-5H3,(H,55,60)(H,56,59,61)/t39-,41?,42-,46-,51-/m1/s1. The van der Waals surface area contributed by atoms with Crippen LogP contribution in [-0.4, -0.2) is 129 Å². The summed E-state index contributed by atoms with van der Waals surface area (Å²) in [4.78, 5) is 81.8. The van der Waals surface area contributed by atoms with Crippen molar-refractivity contribution in [3.8, 4) is 0 Å². The lowest BCUT2D eigenvalue weighted by Crippen LogP contribution is -2.59. The quantitative estimate of drug-likeness (QED) is 0.0595. The highest BCUT2D eigenvalue weighted by Gasteiger charge is 2.53. The minimum atomic E-state index is -3.60. The monoisotopic (exact) mass is 1030 g/mol. The normalized spacial score (nSPS) is 21.1. The number of hydrogen-bond donors (Lipinski definition) is 3. The number of likely N-dealkylation sites (tertiary alicyclic amines) is 1. The van der Waals surface area contributed by atoms with E-state index in [1.807, 2.05) is 44.2 Å². The first-order valence-corrected chi connectivity index (χ1v) is 26.4. The van der Waals surface area contributed by atoms with Gasteiger partial charge in [0.25, 0.3) is 11.8 Å². The lowest BCUT2D eigenvalue weighted by atomic mass is 9.66. The van der Waals surface area contributed by atoms with Crippen LogP contribution in [0, 0.1) is 11.3 Å². The van der Waals surface area contributed by atoms with Crippen molar-refractivity contribution in [3.63, 3.8) is 0 Å². The molecule has 19 heteroatoms. The summed E-state index contributed by atoms with van der Waals surface area (Å²) in [5.74, 6) is -3.60. The Labute approximate surface area is 420 Å². The van der Waals surface area contributed by atoms with Crippen molar-refractivity contribution in [1.29, 1.82) is 0 Å². The van der Waals surface area contributed by atoms with Crippen LogP contribution in [0.25, 0.3) is 0 Å². The number of imide groups is 2. The maximum Gasteiger partial charge on any atom is 0.264 e. The second-order valence-electron chi connectivity index (χ2n) is 19.0. The molecule has 1 unspecified atom stereocenters. The molecule has 3 heterocycles. The number of carbonyl (C=O) groups is 6. The zero-order chi connectivity index (χ0) is 50.8. The minimum Gasteiger partial charge on any atom is -0.384 e. The third-order valence-corrected chi connectivity index (χ3v) is 15.9. The molecule has 3 N–H and O–H groups in total. The molecule has 6 amide bonds. The van der Waals surface area contributed by atoms with Crippen LogP contribution in [0.3, 0.4) is 0 Å². The van der Waals surface area contributed by atoms with Gasteiger partial charge in [0.1, 0.15) is 6.04 Å². The van der Waals surface area contributed by atoms with Crippen molar-refractivity contribution in [3.05, 3.63) is 99.0 Å². The number of anilines is 1. The lowest BCUT2D eigenvalue weighted by molar-refractivity contribution is -0.158. The fraction of sp³-hybridized carbons (Fsp3) is 0.529. The van der Waals surface area contributed by atoms with Gasteiger partial charge in [0, 0.05) is 66.8 Å². The largest absolute Gasteiger partial charge is 0.384 e. The van der Waals surface area contributed by atoms with E-state index in [0.29, 0.717) is 87.7 Å². The Morgan fingerprint density at radius 3 is 2.09 bits per heavy atom. The number of fused-ring (bicyclic) bond motifs is 1. The van der Waals surface area contributed by atoms with E-state index in [4.69, 9.17) is 37.4 Å². The van der Waals surface area contributed by atoms with E-state index in [0.717, 1.165) is 16.0 Å². The fourth-order valence-electron chi connectivity index (χ4n) is 9.36. The molecule has 5 atom stereocenters. The van der Waals surface area contributed by atoms with Gasteiger partial charge in [-0.25, -0.2) is 8.42 Å². The van der Waals surface area contributed by atoms with Crippen LogP contribution in [0.4, 0.5) is 5.69 Å². The number of nitrogens with zero attached hydrogens (tertiary/aromatic N) is 2. The summed E-state index contributed by atoms with van der Waals surface area (Å²) in [6.07, 6.45) is 1.48. The molecule has 3 aromatic rings. The van der Waals surface area contributed by atoms with Gasteiger partial charge in [-0.15, -0.1) is 0 Å². The summed E-state index contributed by atoms with van der Waals surface area (Å²) in [5.41, 5.74) is 1.40. The molecule has 3 aliphatic heterocycles. The van der Waals surface area contributed by atoms with E-state index < -0.39 is 62.3 Å². The van der Waals surface area contributed by atoms with Gasteiger partial charge in [0.15, 0.2) is 9.84 Å². The maximum atomic E-state index is 15.1. The molecule has 0 aliphatic carbocycles. The van der Waals surface area contributed by atoms with Crippen LogP contribution in [-0.2, 0) is 43.2 Å². The number of rotatable bonds is 25. The number of carbonyl (C=O) groups excluding carboxylic acids is 6. The summed E-state index contributed by atoms with van der Waals surface area (Å²) in [6.45, 7) is 11.9. The molecule has 6 rings (SSSR count). The number of nitrogens with one attached hydrogen (secondary N) is 3. The number of ether oxygens (including phenoxy) is 3. The van der Waals surface area contributed by atoms with E-state index >= 15 is 4.79 Å². The van der Waals surface area contributed by atoms with Crippen molar-refractivity contribution in [2.24, 2.45) is 11.3 Å². The average Bonchev–Trinajstić information content (AvgIpc) is 3.56. The number of piperidine rings is 2. The minimum absolute atomic E-state index is 0.0481. The Hall–Kier alpha value is -4.91. The van der Waals surface area contributed by atoms with Gasteiger partial charge in [-0.1, -0.05) is 74.3 Å². The van der Waals surface area contributed by atoms with E-state index in [-0.39, 0.29) is 59.8 Å². The van der Waals surface area contributed by atoms with Gasteiger partial charge in [-0.3, -0.25) is 39.0 Å². The molecular formula is C51H65Cl2N5O11S. The van der Waals surface area contributed by atoms with Gasteiger partial charge >= 0.3 is 0 Å². The summed E-state index contributed by atoms with van der Waals surface area (Å²) in [6, 6.07) is 17.4. The topological polar surface area (TPSA) is 207 Å². The molecule has 0 radical (unpaired) electrons. The molecule has 16 nitrogen and oxygen atoms in total. The van der Waals surface area contributed by atoms with Gasteiger partial charge in [0.2, 0.25) is 23.6 Å². The highest BCUT2D eigenvalue weighted by Crippen LogP contribution is 2.52. The van der Waals surface area contributed by atoms with Crippen LogP contribution >= 0.6 is 23.2 Å². The second-order valence-corrected chi connectivity index (χ2v) is 22.5. The Kier molecular flexibility index (Phi) is 19.0. The van der Waals surface area contributed by atoms with Crippen molar-refractivity contribution in [2.45, 2.75) is 102 Å². The van der Waals surface area contributed by atoms with Gasteiger partial charge in [0.05, 0.1) is 60.0 Å². The first-order valence-electron chi connectivity index (χ1n) is 24.0. The van der Waals surface area contributed by atoms with Gasteiger partial charge < -0.3 is 29.7 Å². The number of sulfone groups is 1. The van der Waals surface area contributed by atoms with E-state index in [9.17, 15) is 32.4 Å². The molecular weight excluding hydrogens is 962 g/mol. The smallest absolute Gasteiger partial charge is 0.264 e. The zero-order valence-electron chi connectivity index (χ0n) is 40.5. The molecule has 0 saturated carbocycles. The van der Waals surface area contributed by atoms with Gasteiger partial charge in [-0.2, -0.15) is 0 Å². The number of hydrogen-bond acceptors (Lipinski definition) is 12. The summed E-state index contributed by atoms with van der Waals surface area (Å²) >= 11 is 12.9. The molecule has 380 valence electrons. The van der Waals surface area contributed by atoms with E-state index in [1.54, 1.807) is 62.1 Å². The number of halogens is 2. The van der Waals surface area contributed by atoms with E-state index in [2.05, 4.69) is 16.0 Å². The lowest BCUT2D eigenvalue weighted by Gasteiger charge is -2.53. The molecule has 3 aliphatic rings. The number of amides is 6. The SMILES string of the molecule is CC(C)[C@@H](CS(=O)(=O)C(C)C)N1C(=O)[C@@](C)(CC(=O)NCCCOCCOCCOCCCNc2cccc3c2C(=O)N(C2CCC(=O)NC2=O)C3=O)C[C@H](c2cccc(Cl)c2)[C@H]1c1ccc(Cl)cc1. The number of benzene rings is 3. The maximum absolute atomic E-state index is 15.1. The Morgan fingerprint density at radius 2 is 1.46 bits per heavy atom. The van der Waals surface area contributed by atoms with Gasteiger partial charge in [-0.05, 0) is 93.0 Å². The second kappa shape index (κ2) is 24.5. The average molecular weight is 1030 g/mol. The van der Waals surface area contributed by atoms with Crippen LogP contribution in [0.5, 0.6) is 0 Å². The molecule has 2 saturated heterocycles. The molecule has 2 fully saturated rings. The third-order valence-electron chi connectivity index (χ3n) is 13.2. The van der Waals surface area contributed by atoms with Crippen LogP contribution in [0.1, 0.15) is 117 Å². The molecule has 3 aromatic carbocycles. The van der Waals surface area contributed by atoms with Crippen molar-refractivity contribution in [2.75, 3.05) is 63.8 Å². The molecule has 0 aromatic heterocycles. The molecule has 70 heavy (non-hydrogen) atoms. The van der Waals surface area contributed by atoms with Crippen LogP contribution in [0.15, 0.2) is 66.7 Å². The Morgan fingerprint density at radius 1 is 0.814 bits per heavy atom. The highest BCUT2D eigenvalue weighted by molar-refractivity contribution is 7.92. The van der Waals surface area contributed by atoms with E-state index in [1.165, 1.54) is 0 Å². The summed E-state index contributed by atoms with van der Waals surface area (Å²) < 4.78 is 44.2. The molecule has 0 bridgehead atoms. The first kappa shape index (κ1) is 54.4. The fourth-order valence-corrected chi connectivity index (χ4v) is 11.1. The Bertz CT molecular complexity index is 2490. The third kappa shape index (κ3) is 13.3. The zero-order valence-corrected chi connectivity index (χ0v) is 42.8. The van der Waals surface area contributed by atoms with Crippen LogP contribution in [0.2, 0.25) is 10.0 Å². The van der Waals surface area contributed by atoms with Crippen LogP contribution < -0.4 is 16.0 Å². The summed E-state index contributed by atoms with van der Waals surface area (Å²) in [5, 5.41) is 8.77. The van der Waals surface area contributed by atoms with Crippen molar-refractivity contribution >= 4 is 74.2 Å². The first-order chi connectivity index (χ1) is 33.3. The molecule has 0 spiro atoms. The summed E-state index contributed by atoms with van der Waals surface area (Å²) in [7, 11) is -3.60. The highest BCUT2D eigenvalue weighted by atomic mass is 35.5. The van der Waals surface area contributed by atoms with Crippen molar-refractivity contribution in [1.82, 2.24) is 20.4 Å². The Balaban J connectivity index is 0.921. The van der Waals surface area contributed by atoms with Crippen molar-refractivity contribution < 1.29 is 51.4 Å².